The van der Waals surface area contributed by atoms with Crippen molar-refractivity contribution >= 4 is 0 Å². The Morgan fingerprint density at radius 2 is 1.62 bits per heavy atom. The summed E-state index contributed by atoms with van der Waals surface area (Å²) in [6, 6.07) is 0. The third-order valence-electron chi connectivity index (χ3n) is 9.42. The molecule has 4 aliphatic heterocycles. The zero-order valence-corrected chi connectivity index (χ0v) is 17.0. The standard InChI is InChI=1S/C20H30O9/c1-7-12(22)26-10-6-17-9-5-8(16(2,3)4)18(17)11(21)13(23)28-15(18)29-20(17,14(24)27-9)19(7,10)25/h7-15,21-25H,5-6H2,1-4H3/t7-,8+,9-,10+,11+,12?,13+,14?,15+,17+,18-,19-,20-/m1/s1. The van der Waals surface area contributed by atoms with Crippen LogP contribution in [-0.4, -0.2) is 80.2 Å². The Kier molecular flexibility index (Phi) is 3.33. The smallest absolute Gasteiger partial charge is 0.188 e. The van der Waals surface area contributed by atoms with Crippen LogP contribution >= 0.6 is 0 Å². The number of fused-ring (bicyclic) bond motifs is 1. The third kappa shape index (κ3) is 1.54. The molecular weight excluding hydrogens is 384 g/mol. The van der Waals surface area contributed by atoms with Crippen molar-refractivity contribution in [2.24, 2.45) is 28.1 Å². The SMILES string of the molecule is C[C@@H]1C(O)O[C@H]2C[C@]34[C@H]5C[C@@H](C(C)(C)C)[C@@]36[C@@H](O[C@H](O)[C@@H]6O)O[C@@]4(C(O)O5)[C@]21O. The van der Waals surface area contributed by atoms with Crippen molar-refractivity contribution in [2.45, 2.75) is 95.2 Å². The van der Waals surface area contributed by atoms with Crippen molar-refractivity contribution in [3.8, 4) is 0 Å². The average molecular weight is 414 g/mol. The molecular formula is C20H30O9. The van der Waals surface area contributed by atoms with Gasteiger partial charge in [0.15, 0.2) is 30.8 Å². The van der Waals surface area contributed by atoms with Gasteiger partial charge >= 0.3 is 0 Å². The van der Waals surface area contributed by atoms with E-state index in [1.165, 1.54) is 0 Å². The molecule has 2 spiro atoms. The largest absolute Gasteiger partial charge is 0.387 e. The first-order valence-electron chi connectivity index (χ1n) is 10.5. The molecule has 0 aromatic heterocycles. The first-order valence-corrected chi connectivity index (χ1v) is 10.5. The van der Waals surface area contributed by atoms with Crippen LogP contribution in [0.15, 0.2) is 0 Å². The topological polar surface area (TPSA) is 138 Å². The van der Waals surface area contributed by atoms with Gasteiger partial charge in [-0.15, -0.1) is 0 Å². The van der Waals surface area contributed by atoms with E-state index in [4.69, 9.17) is 18.9 Å². The van der Waals surface area contributed by atoms with Crippen LogP contribution in [0.4, 0.5) is 0 Å². The van der Waals surface area contributed by atoms with Crippen LogP contribution in [0.3, 0.4) is 0 Å². The second-order valence-corrected chi connectivity index (χ2v) is 11.0. The van der Waals surface area contributed by atoms with E-state index in [0.717, 1.165) is 0 Å². The number of ether oxygens (including phenoxy) is 4. The van der Waals surface area contributed by atoms with Crippen LogP contribution in [0.1, 0.15) is 40.5 Å². The highest BCUT2D eigenvalue weighted by Crippen LogP contribution is 2.85. The minimum absolute atomic E-state index is 0.172. The van der Waals surface area contributed by atoms with Gasteiger partial charge in [0.2, 0.25) is 0 Å². The fourth-order valence-corrected chi connectivity index (χ4v) is 8.55. The van der Waals surface area contributed by atoms with Gasteiger partial charge < -0.3 is 44.5 Å². The molecule has 9 nitrogen and oxygen atoms in total. The van der Waals surface area contributed by atoms with Crippen molar-refractivity contribution in [1.82, 2.24) is 0 Å². The van der Waals surface area contributed by atoms with Gasteiger partial charge in [-0.2, -0.15) is 0 Å². The van der Waals surface area contributed by atoms with E-state index < -0.39 is 71.4 Å². The molecule has 29 heavy (non-hydrogen) atoms. The molecule has 0 aromatic rings. The summed E-state index contributed by atoms with van der Waals surface area (Å²) in [5.41, 5.74) is -5.81. The summed E-state index contributed by atoms with van der Waals surface area (Å²) in [5.74, 6) is -0.926. The molecule has 5 N–H and O–H groups in total. The van der Waals surface area contributed by atoms with Gasteiger partial charge in [0, 0.05) is 11.3 Å². The molecule has 13 atom stereocenters. The number of aliphatic hydroxyl groups is 5. The molecule has 0 amide bonds. The second-order valence-electron chi connectivity index (χ2n) is 11.0. The Hall–Kier alpha value is -0.360. The maximum atomic E-state index is 12.0. The van der Waals surface area contributed by atoms with E-state index in [1.807, 2.05) is 0 Å². The van der Waals surface area contributed by atoms with Crippen LogP contribution in [0.25, 0.3) is 0 Å². The Balaban J connectivity index is 1.65. The molecule has 6 fully saturated rings. The summed E-state index contributed by atoms with van der Waals surface area (Å²) in [4.78, 5) is 0. The van der Waals surface area contributed by atoms with Gasteiger partial charge in [-0.3, -0.25) is 0 Å². The molecule has 164 valence electrons. The lowest BCUT2D eigenvalue weighted by molar-refractivity contribution is -0.310. The Morgan fingerprint density at radius 1 is 0.931 bits per heavy atom. The lowest BCUT2D eigenvalue weighted by Gasteiger charge is -2.49. The summed E-state index contributed by atoms with van der Waals surface area (Å²) in [6.45, 7) is 7.83. The molecule has 2 saturated carbocycles. The molecule has 4 saturated heterocycles. The van der Waals surface area contributed by atoms with Crippen LogP contribution in [0.5, 0.6) is 0 Å². The Morgan fingerprint density at radius 3 is 2.28 bits per heavy atom. The zero-order valence-electron chi connectivity index (χ0n) is 17.0. The van der Waals surface area contributed by atoms with E-state index in [2.05, 4.69) is 20.8 Å². The normalized spacial score (nSPS) is 67.6. The number of hydrogen-bond donors (Lipinski definition) is 5. The maximum absolute atomic E-state index is 12.0. The van der Waals surface area contributed by atoms with E-state index in [0.29, 0.717) is 6.42 Å². The molecule has 0 aromatic carbocycles. The third-order valence-corrected chi connectivity index (χ3v) is 9.42. The van der Waals surface area contributed by atoms with Crippen LogP contribution in [-0.2, 0) is 18.9 Å². The minimum atomic E-state index is -1.74. The number of aliphatic hydroxyl groups excluding tert-OH is 4. The van der Waals surface area contributed by atoms with Gasteiger partial charge in [0.1, 0.15) is 11.7 Å². The molecule has 6 aliphatic rings. The maximum Gasteiger partial charge on any atom is 0.188 e. The molecule has 9 heteroatoms. The fourth-order valence-electron chi connectivity index (χ4n) is 8.55. The molecule has 6 rings (SSSR count). The molecule has 0 radical (unpaired) electrons. The van der Waals surface area contributed by atoms with Crippen molar-refractivity contribution in [2.75, 3.05) is 0 Å². The van der Waals surface area contributed by atoms with Gasteiger partial charge in [-0.1, -0.05) is 27.7 Å². The first-order chi connectivity index (χ1) is 13.4. The predicted octanol–water partition coefficient (Wildman–Crippen LogP) is -0.965. The van der Waals surface area contributed by atoms with E-state index in [9.17, 15) is 25.5 Å². The van der Waals surface area contributed by atoms with E-state index >= 15 is 0 Å². The van der Waals surface area contributed by atoms with Gasteiger partial charge in [0.05, 0.1) is 17.6 Å². The lowest BCUT2D eigenvalue weighted by atomic mass is 9.51. The van der Waals surface area contributed by atoms with Gasteiger partial charge in [0.25, 0.3) is 0 Å². The monoisotopic (exact) mass is 414 g/mol. The van der Waals surface area contributed by atoms with Gasteiger partial charge in [-0.05, 0) is 24.2 Å². The first kappa shape index (κ1) is 19.3. The van der Waals surface area contributed by atoms with Crippen molar-refractivity contribution in [3.63, 3.8) is 0 Å². The highest BCUT2D eigenvalue weighted by Gasteiger charge is 2.99. The van der Waals surface area contributed by atoms with Crippen molar-refractivity contribution in [1.29, 1.82) is 0 Å². The van der Waals surface area contributed by atoms with Crippen LogP contribution in [0.2, 0.25) is 0 Å². The van der Waals surface area contributed by atoms with Crippen molar-refractivity contribution < 1.29 is 44.5 Å². The van der Waals surface area contributed by atoms with Crippen LogP contribution < -0.4 is 0 Å². The summed E-state index contributed by atoms with van der Waals surface area (Å²) in [6.07, 6.45) is -6.98. The van der Waals surface area contributed by atoms with Crippen LogP contribution in [0, 0.1) is 28.1 Å². The van der Waals surface area contributed by atoms with Crippen molar-refractivity contribution in [3.05, 3.63) is 0 Å². The highest BCUT2D eigenvalue weighted by atomic mass is 16.8. The number of rotatable bonds is 0. The summed E-state index contributed by atoms with van der Waals surface area (Å²) in [7, 11) is 0. The molecule has 4 heterocycles. The summed E-state index contributed by atoms with van der Waals surface area (Å²) in [5, 5.41) is 55.3. The predicted molar refractivity (Wildman–Crippen MR) is 93.6 cm³/mol. The second kappa shape index (κ2) is 5.00. The van der Waals surface area contributed by atoms with E-state index in [1.54, 1.807) is 6.92 Å². The Bertz CT molecular complexity index is 770. The summed E-state index contributed by atoms with van der Waals surface area (Å²) >= 11 is 0. The lowest BCUT2D eigenvalue weighted by Crippen LogP contribution is -2.67. The fraction of sp³-hybridized carbons (Fsp3) is 1.00. The number of hydrogen-bond acceptors (Lipinski definition) is 9. The average Bonchev–Trinajstić information content (AvgIpc) is 3.31. The zero-order chi connectivity index (χ0) is 20.9. The minimum Gasteiger partial charge on any atom is -0.387 e. The quantitative estimate of drug-likeness (QED) is 0.339. The summed E-state index contributed by atoms with van der Waals surface area (Å²) < 4.78 is 23.9. The molecule has 0 bridgehead atoms. The Labute approximate surface area is 168 Å². The van der Waals surface area contributed by atoms with E-state index in [-0.39, 0.29) is 17.8 Å². The highest BCUT2D eigenvalue weighted by molar-refractivity contribution is 5.42. The molecule has 2 aliphatic carbocycles. The molecule has 2 unspecified atom stereocenters. The van der Waals surface area contributed by atoms with Gasteiger partial charge in [-0.25, -0.2) is 0 Å².